The maximum Gasteiger partial charge on any atom is 0.125 e. The Morgan fingerprint density at radius 2 is 1.94 bits per heavy atom. The molecule has 1 atom stereocenters. The van der Waals surface area contributed by atoms with Crippen LogP contribution in [0, 0.1) is 0 Å². The van der Waals surface area contributed by atoms with Gasteiger partial charge in [-0.3, -0.25) is 0 Å². The first-order valence-electron chi connectivity index (χ1n) is 5.15. The van der Waals surface area contributed by atoms with Gasteiger partial charge in [0.05, 0.1) is 7.11 Å². The molecule has 0 saturated heterocycles. The molecule has 2 nitrogen and oxygen atoms in total. The molecule has 1 N–H and O–H groups in total. The predicted octanol–water partition coefficient (Wildman–Crippen LogP) is 3.78. The van der Waals surface area contributed by atoms with Crippen molar-refractivity contribution in [3.05, 3.63) is 50.6 Å². The van der Waals surface area contributed by atoms with E-state index in [4.69, 9.17) is 4.74 Å². The van der Waals surface area contributed by atoms with Crippen LogP contribution in [-0.2, 0) is 5.60 Å². The molecule has 1 aromatic heterocycles. The maximum absolute atomic E-state index is 10.7. The van der Waals surface area contributed by atoms with E-state index in [0.29, 0.717) is 5.75 Å². The first kappa shape index (κ1) is 12.6. The van der Waals surface area contributed by atoms with Crippen molar-refractivity contribution in [2.75, 3.05) is 7.11 Å². The Bertz CT molecular complexity index is 520. The topological polar surface area (TPSA) is 29.5 Å². The Kier molecular flexibility index (Phi) is 3.56. The zero-order valence-electron chi connectivity index (χ0n) is 9.61. The molecule has 90 valence electrons. The second kappa shape index (κ2) is 4.80. The molecule has 0 fully saturated rings. The molecule has 17 heavy (non-hydrogen) atoms. The van der Waals surface area contributed by atoms with Gasteiger partial charge in [0, 0.05) is 21.0 Å². The van der Waals surface area contributed by atoms with E-state index in [0.717, 1.165) is 15.6 Å². The molecule has 2 aromatic rings. The number of benzene rings is 1. The molecule has 0 aliphatic rings. The molecule has 0 amide bonds. The van der Waals surface area contributed by atoms with Gasteiger partial charge in [-0.25, -0.2) is 0 Å². The summed E-state index contributed by atoms with van der Waals surface area (Å²) in [5.41, 5.74) is 0.555. The molecular formula is C13H13BrO2S. The number of hydrogen-bond donors (Lipinski definition) is 1. The molecule has 1 aromatic carbocycles. The van der Waals surface area contributed by atoms with Gasteiger partial charge in [-0.05, 0) is 34.3 Å². The molecule has 0 radical (unpaired) electrons. The lowest BCUT2D eigenvalue weighted by Gasteiger charge is -2.25. The van der Waals surface area contributed by atoms with Gasteiger partial charge in [-0.15, -0.1) is 0 Å². The maximum atomic E-state index is 10.7. The van der Waals surface area contributed by atoms with Crippen molar-refractivity contribution in [3.63, 3.8) is 0 Å². The molecule has 1 unspecified atom stereocenters. The highest BCUT2D eigenvalue weighted by molar-refractivity contribution is 9.10. The highest BCUT2D eigenvalue weighted by atomic mass is 79.9. The van der Waals surface area contributed by atoms with Crippen LogP contribution in [0.3, 0.4) is 0 Å². The standard InChI is InChI=1S/C13H13BrO2S/c1-13(15,10-7-17-8-11(10)14)9-5-3-4-6-12(9)16-2/h3-8,15H,1-2H3. The second-order valence-corrected chi connectivity index (χ2v) is 5.50. The zero-order valence-corrected chi connectivity index (χ0v) is 12.0. The van der Waals surface area contributed by atoms with Crippen molar-refractivity contribution >= 4 is 27.3 Å². The Hall–Kier alpha value is -0.840. The lowest BCUT2D eigenvalue weighted by molar-refractivity contribution is 0.0987. The Morgan fingerprint density at radius 1 is 1.24 bits per heavy atom. The molecule has 0 bridgehead atoms. The number of ether oxygens (including phenoxy) is 1. The SMILES string of the molecule is COc1ccccc1C(C)(O)c1cscc1Br. The summed E-state index contributed by atoms with van der Waals surface area (Å²) in [5, 5.41) is 14.6. The average Bonchev–Trinajstić information content (AvgIpc) is 2.76. The summed E-state index contributed by atoms with van der Waals surface area (Å²) < 4.78 is 6.21. The summed E-state index contributed by atoms with van der Waals surface area (Å²) in [6.45, 7) is 1.78. The molecule has 0 spiro atoms. The van der Waals surface area contributed by atoms with Crippen molar-refractivity contribution in [2.24, 2.45) is 0 Å². The van der Waals surface area contributed by atoms with Crippen molar-refractivity contribution in [2.45, 2.75) is 12.5 Å². The normalized spacial score (nSPS) is 14.4. The predicted molar refractivity (Wildman–Crippen MR) is 73.7 cm³/mol. The first-order valence-corrected chi connectivity index (χ1v) is 6.89. The number of halogens is 1. The van der Waals surface area contributed by atoms with E-state index < -0.39 is 5.60 Å². The number of hydrogen-bond acceptors (Lipinski definition) is 3. The summed E-state index contributed by atoms with van der Waals surface area (Å²) in [4.78, 5) is 0. The van der Waals surface area contributed by atoms with E-state index in [1.54, 1.807) is 25.4 Å². The third kappa shape index (κ3) is 2.25. The van der Waals surface area contributed by atoms with Crippen LogP contribution in [0.1, 0.15) is 18.1 Å². The van der Waals surface area contributed by atoms with Gasteiger partial charge in [0.2, 0.25) is 0 Å². The third-order valence-electron chi connectivity index (χ3n) is 2.77. The van der Waals surface area contributed by atoms with Crippen LogP contribution in [-0.4, -0.2) is 12.2 Å². The minimum Gasteiger partial charge on any atom is -0.496 e. The first-order chi connectivity index (χ1) is 8.07. The third-order valence-corrected chi connectivity index (χ3v) is 4.47. The number of aliphatic hydroxyl groups is 1. The lowest BCUT2D eigenvalue weighted by Crippen LogP contribution is -2.23. The molecule has 0 aliphatic carbocycles. The van der Waals surface area contributed by atoms with Gasteiger partial charge in [0.15, 0.2) is 0 Å². The quantitative estimate of drug-likeness (QED) is 0.934. The van der Waals surface area contributed by atoms with E-state index in [-0.39, 0.29) is 0 Å². The summed E-state index contributed by atoms with van der Waals surface area (Å²) >= 11 is 5.01. The molecule has 1 heterocycles. The van der Waals surface area contributed by atoms with Crippen molar-refractivity contribution in [1.82, 2.24) is 0 Å². The van der Waals surface area contributed by atoms with E-state index in [1.165, 1.54) is 0 Å². The van der Waals surface area contributed by atoms with E-state index in [2.05, 4.69) is 15.9 Å². The number of rotatable bonds is 3. The minimum atomic E-state index is -1.06. The summed E-state index contributed by atoms with van der Waals surface area (Å²) in [7, 11) is 1.61. The van der Waals surface area contributed by atoms with Gasteiger partial charge in [-0.1, -0.05) is 18.2 Å². The van der Waals surface area contributed by atoms with E-state index in [9.17, 15) is 5.11 Å². The highest BCUT2D eigenvalue weighted by Gasteiger charge is 2.31. The molecule has 0 saturated carbocycles. The Labute approximate surface area is 113 Å². The van der Waals surface area contributed by atoms with Crippen LogP contribution in [0.15, 0.2) is 39.5 Å². The largest absolute Gasteiger partial charge is 0.496 e. The van der Waals surface area contributed by atoms with Gasteiger partial charge in [0.25, 0.3) is 0 Å². The number of para-hydroxylation sites is 1. The van der Waals surface area contributed by atoms with E-state index >= 15 is 0 Å². The van der Waals surface area contributed by atoms with Gasteiger partial charge < -0.3 is 9.84 Å². The average molecular weight is 313 g/mol. The van der Waals surface area contributed by atoms with Crippen molar-refractivity contribution in [1.29, 1.82) is 0 Å². The zero-order chi connectivity index (χ0) is 12.5. The van der Waals surface area contributed by atoms with Crippen LogP contribution in [0.5, 0.6) is 5.75 Å². The van der Waals surface area contributed by atoms with Crippen LogP contribution < -0.4 is 4.74 Å². The molecule has 2 rings (SSSR count). The van der Waals surface area contributed by atoms with Crippen LogP contribution in [0.2, 0.25) is 0 Å². The van der Waals surface area contributed by atoms with Crippen LogP contribution in [0.25, 0.3) is 0 Å². The fourth-order valence-corrected chi connectivity index (χ4v) is 3.60. The van der Waals surface area contributed by atoms with Crippen molar-refractivity contribution < 1.29 is 9.84 Å². The van der Waals surface area contributed by atoms with Crippen molar-refractivity contribution in [3.8, 4) is 5.75 Å². The fraction of sp³-hybridized carbons (Fsp3) is 0.231. The molecular weight excluding hydrogens is 300 g/mol. The Balaban J connectivity index is 2.55. The summed E-state index contributed by atoms with van der Waals surface area (Å²) in [6.07, 6.45) is 0. The van der Waals surface area contributed by atoms with E-state index in [1.807, 2.05) is 35.0 Å². The summed E-state index contributed by atoms with van der Waals surface area (Å²) in [6, 6.07) is 7.51. The second-order valence-electron chi connectivity index (χ2n) is 3.91. The van der Waals surface area contributed by atoms with Gasteiger partial charge in [-0.2, -0.15) is 11.3 Å². The fourth-order valence-electron chi connectivity index (χ4n) is 1.82. The Morgan fingerprint density at radius 3 is 2.53 bits per heavy atom. The lowest BCUT2D eigenvalue weighted by atomic mass is 9.89. The number of thiophene rings is 1. The molecule has 0 aliphatic heterocycles. The number of methoxy groups -OCH3 is 1. The molecule has 4 heteroatoms. The van der Waals surface area contributed by atoms with Crippen LogP contribution >= 0.6 is 27.3 Å². The van der Waals surface area contributed by atoms with Gasteiger partial charge >= 0.3 is 0 Å². The van der Waals surface area contributed by atoms with Crippen LogP contribution in [0.4, 0.5) is 0 Å². The summed E-state index contributed by atoms with van der Waals surface area (Å²) in [5.74, 6) is 0.690. The van der Waals surface area contributed by atoms with Gasteiger partial charge in [0.1, 0.15) is 11.4 Å². The smallest absolute Gasteiger partial charge is 0.125 e. The monoisotopic (exact) mass is 312 g/mol. The highest BCUT2D eigenvalue weighted by Crippen LogP contribution is 2.39. The minimum absolute atomic E-state index is 0.690.